The minimum atomic E-state index is -0.408. The van der Waals surface area contributed by atoms with Crippen LogP contribution in [0.15, 0.2) is 18.2 Å². The molecule has 90 valence electrons. The Balaban J connectivity index is 2.14. The van der Waals surface area contributed by atoms with Crippen LogP contribution >= 0.6 is 22.9 Å². The molecule has 2 rings (SSSR count). The maximum absolute atomic E-state index is 13.0. The molecule has 0 aliphatic carbocycles. The van der Waals surface area contributed by atoms with Gasteiger partial charge in [0.05, 0.1) is 11.1 Å². The summed E-state index contributed by atoms with van der Waals surface area (Å²) in [6.07, 6.45) is 0. The normalized spacial score (nSPS) is 12.5. The number of hydrogen-bond donors (Lipinski definition) is 1. The van der Waals surface area contributed by atoms with Crippen molar-refractivity contribution in [3.05, 3.63) is 39.6 Å². The largest absolute Gasteiger partial charge is 0.354 e. The zero-order chi connectivity index (χ0) is 12.4. The van der Waals surface area contributed by atoms with E-state index in [9.17, 15) is 4.39 Å². The number of benzene rings is 1. The lowest BCUT2D eigenvalue weighted by atomic mass is 10.1. The summed E-state index contributed by atoms with van der Waals surface area (Å²) in [5.41, 5.74) is 0.907. The quantitative estimate of drug-likeness (QED) is 0.922. The van der Waals surface area contributed by atoms with Gasteiger partial charge in [-0.05, 0) is 31.5 Å². The van der Waals surface area contributed by atoms with Crippen molar-refractivity contribution in [2.75, 3.05) is 5.32 Å². The van der Waals surface area contributed by atoms with Crippen molar-refractivity contribution in [1.29, 1.82) is 0 Å². The molecule has 1 atom stereocenters. The average Bonchev–Trinajstić information content (AvgIpc) is 2.68. The van der Waals surface area contributed by atoms with Gasteiger partial charge in [-0.2, -0.15) is 0 Å². The molecule has 0 saturated heterocycles. The van der Waals surface area contributed by atoms with Crippen LogP contribution in [0.5, 0.6) is 0 Å². The Hall–Kier alpha value is -1.20. The second kappa shape index (κ2) is 4.98. The highest BCUT2D eigenvalue weighted by molar-refractivity contribution is 7.15. The van der Waals surface area contributed by atoms with Gasteiger partial charge in [0.1, 0.15) is 10.8 Å². The van der Waals surface area contributed by atoms with Crippen LogP contribution in [0.1, 0.15) is 23.5 Å². The van der Waals surface area contributed by atoms with Gasteiger partial charge in [-0.1, -0.05) is 29.0 Å². The smallest absolute Gasteiger partial charge is 0.206 e. The summed E-state index contributed by atoms with van der Waals surface area (Å²) in [7, 11) is 0. The van der Waals surface area contributed by atoms with Crippen LogP contribution in [0.2, 0.25) is 5.02 Å². The highest BCUT2D eigenvalue weighted by atomic mass is 35.5. The molecule has 0 radical (unpaired) electrons. The molecule has 1 N–H and O–H groups in total. The van der Waals surface area contributed by atoms with Gasteiger partial charge in [-0.25, -0.2) is 4.39 Å². The van der Waals surface area contributed by atoms with Crippen molar-refractivity contribution in [3.63, 3.8) is 0 Å². The van der Waals surface area contributed by atoms with Gasteiger partial charge in [0.15, 0.2) is 0 Å². The van der Waals surface area contributed by atoms with Crippen LogP contribution in [-0.4, -0.2) is 10.2 Å². The van der Waals surface area contributed by atoms with E-state index in [2.05, 4.69) is 15.5 Å². The molecule has 1 unspecified atom stereocenters. The zero-order valence-electron chi connectivity index (χ0n) is 9.37. The minimum absolute atomic E-state index is 0.000417. The van der Waals surface area contributed by atoms with Crippen molar-refractivity contribution in [2.24, 2.45) is 0 Å². The minimum Gasteiger partial charge on any atom is -0.354 e. The fourth-order valence-corrected chi connectivity index (χ4v) is 2.27. The highest BCUT2D eigenvalue weighted by Crippen LogP contribution is 2.24. The fraction of sp³-hybridized carbons (Fsp3) is 0.273. The number of nitrogens with one attached hydrogen (secondary N) is 1. The number of aryl methyl sites for hydroxylation is 1. The Morgan fingerprint density at radius 3 is 2.76 bits per heavy atom. The molecule has 6 heteroatoms. The predicted octanol–water partition coefficient (Wildman–Crippen LogP) is 3.81. The molecular weight excluding hydrogens is 261 g/mol. The Kier molecular flexibility index (Phi) is 3.59. The monoisotopic (exact) mass is 271 g/mol. The third-order valence-electron chi connectivity index (χ3n) is 2.31. The van der Waals surface area contributed by atoms with Gasteiger partial charge < -0.3 is 5.32 Å². The lowest BCUT2D eigenvalue weighted by molar-refractivity contribution is 0.627. The van der Waals surface area contributed by atoms with Crippen LogP contribution < -0.4 is 5.32 Å². The van der Waals surface area contributed by atoms with Crippen molar-refractivity contribution < 1.29 is 4.39 Å². The Bertz CT molecular complexity index is 529. The van der Waals surface area contributed by atoms with Gasteiger partial charge in [0, 0.05) is 0 Å². The predicted molar refractivity (Wildman–Crippen MR) is 68.1 cm³/mol. The summed E-state index contributed by atoms with van der Waals surface area (Å²) in [6, 6.07) is 4.68. The topological polar surface area (TPSA) is 37.8 Å². The fourth-order valence-electron chi connectivity index (χ4n) is 1.41. The number of nitrogens with zero attached hydrogens (tertiary/aromatic N) is 2. The zero-order valence-corrected chi connectivity index (χ0v) is 10.9. The number of rotatable bonds is 3. The molecule has 0 amide bonds. The first kappa shape index (κ1) is 12.3. The van der Waals surface area contributed by atoms with Crippen molar-refractivity contribution in [2.45, 2.75) is 19.9 Å². The van der Waals surface area contributed by atoms with E-state index in [1.165, 1.54) is 17.4 Å². The molecule has 2 aromatic rings. The summed E-state index contributed by atoms with van der Waals surface area (Å²) in [6.45, 7) is 3.85. The van der Waals surface area contributed by atoms with Gasteiger partial charge in [0.25, 0.3) is 0 Å². The van der Waals surface area contributed by atoms with Crippen LogP contribution in [0.4, 0.5) is 9.52 Å². The number of anilines is 1. The van der Waals surface area contributed by atoms with E-state index in [1.807, 2.05) is 13.8 Å². The van der Waals surface area contributed by atoms with Gasteiger partial charge >= 0.3 is 0 Å². The van der Waals surface area contributed by atoms with Crippen LogP contribution in [0.25, 0.3) is 0 Å². The Labute approximate surface area is 108 Å². The first-order valence-corrected chi connectivity index (χ1v) is 6.27. The molecule has 0 aliphatic rings. The Morgan fingerprint density at radius 2 is 2.18 bits per heavy atom. The first-order chi connectivity index (χ1) is 8.06. The van der Waals surface area contributed by atoms with E-state index >= 15 is 0 Å². The van der Waals surface area contributed by atoms with Crippen LogP contribution in [0, 0.1) is 12.7 Å². The van der Waals surface area contributed by atoms with Gasteiger partial charge in [-0.3, -0.25) is 0 Å². The summed E-state index contributed by atoms with van der Waals surface area (Å²) in [5, 5.41) is 12.9. The third kappa shape index (κ3) is 2.92. The summed E-state index contributed by atoms with van der Waals surface area (Å²) < 4.78 is 13.0. The van der Waals surface area contributed by atoms with Crippen molar-refractivity contribution in [3.8, 4) is 0 Å². The molecule has 0 fully saturated rings. The lowest BCUT2D eigenvalue weighted by Gasteiger charge is -2.13. The van der Waals surface area contributed by atoms with Crippen molar-refractivity contribution >= 4 is 28.1 Å². The van der Waals surface area contributed by atoms with Crippen LogP contribution in [-0.2, 0) is 0 Å². The molecule has 1 aromatic heterocycles. The first-order valence-electron chi connectivity index (χ1n) is 5.08. The standard InChI is InChI=1S/C11H11ClFN3S/c1-6(14-11-16-15-7(2)17-11)8-3-4-10(13)9(12)5-8/h3-6H,1-2H3,(H,14,16). The van der Waals surface area contributed by atoms with Crippen molar-refractivity contribution in [1.82, 2.24) is 10.2 Å². The molecule has 0 saturated carbocycles. The lowest BCUT2D eigenvalue weighted by Crippen LogP contribution is -2.06. The van der Waals surface area contributed by atoms with Crippen LogP contribution in [0.3, 0.4) is 0 Å². The van der Waals surface area contributed by atoms with E-state index in [-0.39, 0.29) is 11.1 Å². The second-order valence-electron chi connectivity index (χ2n) is 3.67. The molecule has 1 heterocycles. The second-order valence-corrected chi connectivity index (χ2v) is 5.25. The molecule has 17 heavy (non-hydrogen) atoms. The summed E-state index contributed by atoms with van der Waals surface area (Å²) in [5.74, 6) is -0.408. The van der Waals surface area contributed by atoms with E-state index in [0.29, 0.717) is 0 Å². The summed E-state index contributed by atoms with van der Waals surface area (Å²) >= 11 is 7.21. The van der Waals surface area contributed by atoms with E-state index < -0.39 is 5.82 Å². The number of hydrogen-bond acceptors (Lipinski definition) is 4. The number of halogens is 2. The SMILES string of the molecule is Cc1nnc(NC(C)c2ccc(F)c(Cl)c2)s1. The maximum Gasteiger partial charge on any atom is 0.206 e. The van der Waals surface area contributed by atoms with Gasteiger partial charge in [0.2, 0.25) is 5.13 Å². The molecule has 0 aliphatic heterocycles. The highest BCUT2D eigenvalue weighted by Gasteiger charge is 2.10. The number of aromatic nitrogens is 2. The molecular formula is C11H11ClFN3S. The molecule has 3 nitrogen and oxygen atoms in total. The maximum atomic E-state index is 13.0. The Morgan fingerprint density at radius 1 is 1.41 bits per heavy atom. The molecule has 1 aromatic carbocycles. The third-order valence-corrected chi connectivity index (χ3v) is 3.37. The van der Waals surface area contributed by atoms with E-state index in [0.717, 1.165) is 15.7 Å². The molecule has 0 spiro atoms. The van der Waals surface area contributed by atoms with Gasteiger partial charge in [-0.15, -0.1) is 10.2 Å². The summed E-state index contributed by atoms with van der Waals surface area (Å²) in [4.78, 5) is 0. The average molecular weight is 272 g/mol. The molecule has 0 bridgehead atoms. The van der Waals surface area contributed by atoms with E-state index in [4.69, 9.17) is 11.6 Å². The van der Waals surface area contributed by atoms with E-state index in [1.54, 1.807) is 12.1 Å².